The number of rotatable bonds is 6. The van der Waals surface area contributed by atoms with Crippen molar-refractivity contribution in [2.45, 2.75) is 57.0 Å². The molecule has 3 aromatic rings. The molecular weight excluding hydrogens is 438 g/mol. The summed E-state index contributed by atoms with van der Waals surface area (Å²) in [5, 5.41) is 14.7. The Kier molecular flexibility index (Phi) is 6.02. The van der Waals surface area contributed by atoms with E-state index in [0.717, 1.165) is 38.1 Å². The van der Waals surface area contributed by atoms with Crippen molar-refractivity contribution in [2.24, 2.45) is 0 Å². The van der Waals surface area contributed by atoms with Crippen molar-refractivity contribution < 1.29 is 14.6 Å². The van der Waals surface area contributed by atoms with Crippen molar-refractivity contribution >= 4 is 22.6 Å². The fourth-order valence-electron chi connectivity index (χ4n) is 6.77. The Balaban J connectivity index is 1.57. The lowest BCUT2D eigenvalue weighted by atomic mass is 9.81. The fourth-order valence-corrected chi connectivity index (χ4v) is 6.77. The highest BCUT2D eigenvalue weighted by Crippen LogP contribution is 2.50. The van der Waals surface area contributed by atoms with Gasteiger partial charge >= 0.3 is 5.97 Å². The van der Waals surface area contributed by atoms with E-state index in [4.69, 9.17) is 4.74 Å². The molecule has 6 rings (SSSR count). The van der Waals surface area contributed by atoms with Crippen LogP contribution in [-0.2, 0) is 11.3 Å². The van der Waals surface area contributed by atoms with Gasteiger partial charge in [0.25, 0.3) is 0 Å². The van der Waals surface area contributed by atoms with Crippen LogP contribution in [0.4, 0.5) is 5.69 Å². The van der Waals surface area contributed by atoms with Gasteiger partial charge in [0.05, 0.1) is 23.6 Å². The number of anilines is 1. The molecule has 2 N–H and O–H groups in total. The number of nitrogens with one attached hydrogen (secondary N) is 1. The minimum Gasteiger partial charge on any atom is -0.478 e. The number of benzene rings is 2. The van der Waals surface area contributed by atoms with Crippen LogP contribution in [-0.4, -0.2) is 49.0 Å². The monoisotopic (exact) mass is 473 g/mol. The number of fused-ring (bicyclic) bond motifs is 4. The van der Waals surface area contributed by atoms with Gasteiger partial charge in [-0.05, 0) is 48.4 Å². The van der Waals surface area contributed by atoms with Crippen molar-refractivity contribution in [3.8, 4) is 11.3 Å². The molecule has 1 aliphatic carbocycles. The highest BCUT2D eigenvalue weighted by molar-refractivity contribution is 6.00. The zero-order valence-corrected chi connectivity index (χ0v) is 20.6. The Morgan fingerprint density at radius 2 is 1.94 bits per heavy atom. The van der Waals surface area contributed by atoms with Crippen LogP contribution in [0.1, 0.15) is 72.0 Å². The predicted octanol–water partition coefficient (Wildman–Crippen LogP) is 5.56. The topological polar surface area (TPSA) is 66.7 Å². The van der Waals surface area contributed by atoms with Gasteiger partial charge in [-0.15, -0.1) is 0 Å². The first-order valence-corrected chi connectivity index (χ1v) is 13.2. The van der Waals surface area contributed by atoms with E-state index in [-0.39, 0.29) is 0 Å². The third-order valence-electron chi connectivity index (χ3n) is 8.36. The summed E-state index contributed by atoms with van der Waals surface area (Å²) in [6.45, 7) is 4.39. The molecule has 0 bridgehead atoms. The molecule has 0 saturated heterocycles. The lowest BCUT2D eigenvalue weighted by Crippen LogP contribution is -2.37. The molecule has 0 amide bonds. The number of hydrogen-bond donors (Lipinski definition) is 2. The number of carbonyl (C=O) groups is 1. The molecule has 6 nitrogen and oxygen atoms in total. The molecule has 6 heteroatoms. The Morgan fingerprint density at radius 1 is 1.09 bits per heavy atom. The Bertz CT molecular complexity index is 1260. The molecule has 3 heterocycles. The molecule has 1 unspecified atom stereocenters. The molecule has 35 heavy (non-hydrogen) atoms. The third-order valence-corrected chi connectivity index (χ3v) is 8.36. The second-order valence-electron chi connectivity index (χ2n) is 10.3. The van der Waals surface area contributed by atoms with Crippen molar-refractivity contribution in [1.29, 1.82) is 0 Å². The standard InChI is InChI=1S/C29H35N3O3/c1-35-17-13-30-24-12-14-31-15-16-32-25-18-20(29(33)34)10-11-22(25)26(19-6-3-2-4-7-19)28(32)23-9-5-8-21(24)27(23)31/h5,8-11,18-19,24,30H,2-4,6-7,12-17H2,1H3,(H,33,34). The summed E-state index contributed by atoms with van der Waals surface area (Å²) in [6, 6.07) is 12.9. The van der Waals surface area contributed by atoms with E-state index >= 15 is 0 Å². The largest absolute Gasteiger partial charge is 0.478 e. The number of aromatic nitrogens is 1. The zero-order valence-electron chi connectivity index (χ0n) is 20.6. The van der Waals surface area contributed by atoms with Crippen LogP contribution in [0, 0.1) is 0 Å². The number of ether oxygens (including phenoxy) is 1. The maximum Gasteiger partial charge on any atom is 0.335 e. The second kappa shape index (κ2) is 9.32. The van der Waals surface area contributed by atoms with Crippen LogP contribution in [0.3, 0.4) is 0 Å². The lowest BCUT2D eigenvalue weighted by molar-refractivity contribution is 0.0697. The lowest BCUT2D eigenvalue weighted by Gasteiger charge is -2.36. The summed E-state index contributed by atoms with van der Waals surface area (Å²) >= 11 is 0. The van der Waals surface area contributed by atoms with Crippen molar-refractivity contribution in [3.05, 3.63) is 53.1 Å². The van der Waals surface area contributed by atoms with Gasteiger partial charge in [0.1, 0.15) is 0 Å². The summed E-state index contributed by atoms with van der Waals surface area (Å²) in [5.74, 6) is -0.331. The first kappa shape index (κ1) is 22.6. The summed E-state index contributed by atoms with van der Waals surface area (Å²) in [7, 11) is 1.75. The van der Waals surface area contributed by atoms with Gasteiger partial charge in [-0.1, -0.05) is 43.5 Å². The number of hydrogen-bond acceptors (Lipinski definition) is 4. The third kappa shape index (κ3) is 3.83. The quantitative estimate of drug-likeness (QED) is 0.459. The second-order valence-corrected chi connectivity index (χ2v) is 10.3. The van der Waals surface area contributed by atoms with Crippen LogP contribution >= 0.6 is 0 Å². The molecule has 2 aliphatic heterocycles. The van der Waals surface area contributed by atoms with E-state index in [1.807, 2.05) is 6.07 Å². The van der Waals surface area contributed by atoms with Crippen LogP contribution in [0.2, 0.25) is 0 Å². The first-order valence-electron chi connectivity index (χ1n) is 13.2. The van der Waals surface area contributed by atoms with Gasteiger partial charge < -0.3 is 24.6 Å². The number of aromatic carboxylic acids is 1. The van der Waals surface area contributed by atoms with Crippen LogP contribution in [0.25, 0.3) is 22.2 Å². The van der Waals surface area contributed by atoms with E-state index in [0.29, 0.717) is 24.1 Å². The van der Waals surface area contributed by atoms with Crippen molar-refractivity contribution in [2.75, 3.05) is 38.3 Å². The van der Waals surface area contributed by atoms with E-state index < -0.39 is 5.97 Å². The van der Waals surface area contributed by atoms with Crippen molar-refractivity contribution in [3.63, 3.8) is 0 Å². The number of nitrogens with zero attached hydrogens (tertiary/aromatic N) is 2. The van der Waals surface area contributed by atoms with Gasteiger partial charge in [-0.2, -0.15) is 0 Å². The fraction of sp³-hybridized carbons (Fsp3) is 0.483. The average Bonchev–Trinajstić information content (AvgIpc) is 3.12. The minimum atomic E-state index is -0.859. The predicted molar refractivity (Wildman–Crippen MR) is 140 cm³/mol. The molecule has 1 saturated carbocycles. The highest BCUT2D eigenvalue weighted by atomic mass is 16.5. The highest BCUT2D eigenvalue weighted by Gasteiger charge is 2.34. The molecule has 3 aliphatic rings. The van der Waals surface area contributed by atoms with Gasteiger partial charge in [-0.3, -0.25) is 0 Å². The molecular formula is C29H35N3O3. The Hall–Kier alpha value is -2.83. The molecule has 0 spiro atoms. The molecule has 0 radical (unpaired) electrons. The first-order chi connectivity index (χ1) is 17.2. The molecule has 1 fully saturated rings. The zero-order chi connectivity index (χ0) is 23.9. The summed E-state index contributed by atoms with van der Waals surface area (Å²) in [6.07, 6.45) is 7.37. The smallest absolute Gasteiger partial charge is 0.335 e. The minimum absolute atomic E-state index is 0.323. The van der Waals surface area contributed by atoms with Crippen LogP contribution < -0.4 is 10.2 Å². The van der Waals surface area contributed by atoms with Gasteiger partial charge in [0.2, 0.25) is 0 Å². The normalized spacial score (nSPS) is 19.9. The van der Waals surface area contributed by atoms with E-state index in [9.17, 15) is 9.90 Å². The Labute approximate surface area is 206 Å². The van der Waals surface area contributed by atoms with Crippen LogP contribution in [0.5, 0.6) is 0 Å². The molecule has 184 valence electrons. The number of carboxylic acids is 1. The van der Waals surface area contributed by atoms with Gasteiger partial charge in [0.15, 0.2) is 0 Å². The Morgan fingerprint density at radius 3 is 2.74 bits per heavy atom. The molecule has 1 atom stereocenters. The van der Waals surface area contributed by atoms with E-state index in [1.165, 1.54) is 65.6 Å². The average molecular weight is 474 g/mol. The number of para-hydroxylation sites is 1. The molecule has 2 aromatic carbocycles. The maximum atomic E-state index is 11.8. The van der Waals surface area contributed by atoms with E-state index in [1.54, 1.807) is 13.2 Å². The molecule has 1 aromatic heterocycles. The van der Waals surface area contributed by atoms with Crippen LogP contribution in [0.15, 0.2) is 36.4 Å². The van der Waals surface area contributed by atoms with Gasteiger partial charge in [-0.25, -0.2) is 4.79 Å². The van der Waals surface area contributed by atoms with Gasteiger partial charge in [0, 0.05) is 55.8 Å². The SMILES string of the molecule is COCCNC1CCN2CCn3c(c(C4CCCCC4)c4ccc(C(=O)O)cc43)-c3cccc1c32. The van der Waals surface area contributed by atoms with Crippen molar-refractivity contribution in [1.82, 2.24) is 9.88 Å². The maximum absolute atomic E-state index is 11.8. The summed E-state index contributed by atoms with van der Waals surface area (Å²) in [4.78, 5) is 14.4. The summed E-state index contributed by atoms with van der Waals surface area (Å²) < 4.78 is 7.73. The summed E-state index contributed by atoms with van der Waals surface area (Å²) in [5.41, 5.74) is 8.28. The number of methoxy groups -OCH3 is 1. The van der Waals surface area contributed by atoms with E-state index in [2.05, 4.69) is 39.0 Å². The number of carboxylic acid groups (broad SMARTS) is 1.